The van der Waals surface area contributed by atoms with Crippen molar-refractivity contribution in [2.24, 2.45) is 5.92 Å². The highest BCUT2D eigenvalue weighted by Gasteiger charge is 2.15. The van der Waals surface area contributed by atoms with Gasteiger partial charge in [0.1, 0.15) is 11.6 Å². The standard InChI is InChI=1S/C8H11ClN2O2S/c9-8-11-10-7(14-8)5-13-4-6-1-2-12-3-6/h6H,1-5H2. The van der Waals surface area contributed by atoms with Crippen molar-refractivity contribution in [3.63, 3.8) is 0 Å². The van der Waals surface area contributed by atoms with Crippen LogP contribution in [0.25, 0.3) is 0 Å². The molecule has 1 saturated heterocycles. The van der Waals surface area contributed by atoms with E-state index in [0.29, 0.717) is 17.0 Å². The quantitative estimate of drug-likeness (QED) is 0.796. The summed E-state index contributed by atoms with van der Waals surface area (Å²) >= 11 is 6.99. The van der Waals surface area contributed by atoms with Gasteiger partial charge in [0.25, 0.3) is 0 Å². The SMILES string of the molecule is Clc1nnc(COCC2CCOC2)s1. The van der Waals surface area contributed by atoms with Gasteiger partial charge in [0.05, 0.1) is 13.2 Å². The van der Waals surface area contributed by atoms with Gasteiger partial charge in [0.15, 0.2) is 0 Å². The monoisotopic (exact) mass is 234 g/mol. The van der Waals surface area contributed by atoms with Crippen molar-refractivity contribution in [2.45, 2.75) is 13.0 Å². The maximum absolute atomic E-state index is 5.64. The minimum Gasteiger partial charge on any atom is -0.381 e. The highest BCUT2D eigenvalue weighted by atomic mass is 35.5. The smallest absolute Gasteiger partial charge is 0.207 e. The topological polar surface area (TPSA) is 44.2 Å². The molecule has 0 aromatic carbocycles. The van der Waals surface area contributed by atoms with Gasteiger partial charge in [-0.15, -0.1) is 10.2 Å². The van der Waals surface area contributed by atoms with Crippen LogP contribution in [0.3, 0.4) is 0 Å². The molecule has 1 aliphatic heterocycles. The number of nitrogens with zero attached hydrogens (tertiary/aromatic N) is 2. The summed E-state index contributed by atoms with van der Waals surface area (Å²) in [5.74, 6) is 0.540. The Bertz CT molecular complexity index is 289. The summed E-state index contributed by atoms with van der Waals surface area (Å²) in [6.45, 7) is 2.91. The number of rotatable bonds is 4. The zero-order valence-corrected chi connectivity index (χ0v) is 9.18. The molecule has 1 aliphatic rings. The lowest BCUT2D eigenvalue weighted by molar-refractivity contribution is 0.0787. The molecule has 0 saturated carbocycles. The summed E-state index contributed by atoms with van der Waals surface area (Å²) in [5, 5.41) is 8.38. The van der Waals surface area contributed by atoms with Crippen molar-refractivity contribution in [3.05, 3.63) is 9.47 Å². The van der Waals surface area contributed by atoms with E-state index in [1.165, 1.54) is 11.3 Å². The fraction of sp³-hybridized carbons (Fsp3) is 0.750. The van der Waals surface area contributed by atoms with Crippen LogP contribution in [0.2, 0.25) is 4.47 Å². The minimum absolute atomic E-state index is 0.466. The second-order valence-corrected chi connectivity index (χ2v) is 4.84. The van der Waals surface area contributed by atoms with Crippen LogP contribution in [-0.2, 0) is 16.1 Å². The first-order valence-electron chi connectivity index (χ1n) is 4.48. The summed E-state index contributed by atoms with van der Waals surface area (Å²) in [6, 6.07) is 0. The lowest BCUT2D eigenvalue weighted by Gasteiger charge is -2.06. The van der Waals surface area contributed by atoms with Gasteiger partial charge in [-0.1, -0.05) is 11.3 Å². The lowest BCUT2D eigenvalue weighted by atomic mass is 10.1. The molecule has 1 fully saturated rings. The first-order valence-corrected chi connectivity index (χ1v) is 5.67. The molecule has 0 amide bonds. The Morgan fingerprint density at radius 1 is 1.57 bits per heavy atom. The van der Waals surface area contributed by atoms with Crippen molar-refractivity contribution in [3.8, 4) is 0 Å². The van der Waals surface area contributed by atoms with Crippen LogP contribution >= 0.6 is 22.9 Å². The van der Waals surface area contributed by atoms with Crippen LogP contribution in [0.15, 0.2) is 0 Å². The van der Waals surface area contributed by atoms with Crippen LogP contribution in [0.5, 0.6) is 0 Å². The summed E-state index contributed by atoms with van der Waals surface area (Å²) in [5.41, 5.74) is 0. The second-order valence-electron chi connectivity index (χ2n) is 3.19. The molecule has 4 nitrogen and oxygen atoms in total. The Labute approximate surface area is 91.2 Å². The van der Waals surface area contributed by atoms with E-state index < -0.39 is 0 Å². The van der Waals surface area contributed by atoms with Gasteiger partial charge in [-0.25, -0.2) is 0 Å². The Balaban J connectivity index is 1.67. The Hall–Kier alpha value is -0.230. The molecule has 0 spiro atoms. The third-order valence-corrected chi connectivity index (χ3v) is 3.04. The molecule has 1 unspecified atom stereocenters. The van der Waals surface area contributed by atoms with E-state index in [1.54, 1.807) is 0 Å². The summed E-state index contributed by atoms with van der Waals surface area (Å²) in [4.78, 5) is 0. The van der Waals surface area contributed by atoms with E-state index in [9.17, 15) is 0 Å². The Morgan fingerprint density at radius 3 is 3.14 bits per heavy atom. The predicted molar refractivity (Wildman–Crippen MR) is 53.5 cm³/mol. The molecular formula is C8H11ClN2O2S. The zero-order valence-electron chi connectivity index (χ0n) is 7.61. The average Bonchev–Trinajstić information content (AvgIpc) is 2.77. The highest BCUT2D eigenvalue weighted by molar-refractivity contribution is 7.15. The van der Waals surface area contributed by atoms with Crippen molar-refractivity contribution in [2.75, 3.05) is 19.8 Å². The molecule has 1 aromatic heterocycles. The number of halogens is 1. The number of ether oxygens (including phenoxy) is 2. The summed E-state index contributed by atoms with van der Waals surface area (Å²) in [6.07, 6.45) is 1.09. The molecular weight excluding hydrogens is 224 g/mol. The van der Waals surface area contributed by atoms with Crippen molar-refractivity contribution in [1.29, 1.82) is 0 Å². The fourth-order valence-corrected chi connectivity index (χ4v) is 2.12. The first kappa shape index (κ1) is 10.3. The minimum atomic E-state index is 0.466. The van der Waals surface area contributed by atoms with Crippen molar-refractivity contribution >= 4 is 22.9 Å². The van der Waals surface area contributed by atoms with Crippen molar-refractivity contribution in [1.82, 2.24) is 10.2 Å². The van der Waals surface area contributed by atoms with Crippen LogP contribution in [0, 0.1) is 5.92 Å². The third-order valence-electron chi connectivity index (χ3n) is 2.05. The van der Waals surface area contributed by atoms with E-state index >= 15 is 0 Å². The first-order chi connectivity index (χ1) is 6.84. The second kappa shape index (κ2) is 5.02. The highest BCUT2D eigenvalue weighted by Crippen LogP contribution is 2.17. The zero-order chi connectivity index (χ0) is 9.80. The van der Waals surface area contributed by atoms with Gasteiger partial charge < -0.3 is 9.47 Å². The van der Waals surface area contributed by atoms with Gasteiger partial charge >= 0.3 is 0 Å². The molecule has 14 heavy (non-hydrogen) atoms. The maximum Gasteiger partial charge on any atom is 0.207 e. The Morgan fingerprint density at radius 2 is 2.50 bits per heavy atom. The maximum atomic E-state index is 5.64. The summed E-state index contributed by atoms with van der Waals surface area (Å²) in [7, 11) is 0. The van der Waals surface area contributed by atoms with Crippen LogP contribution < -0.4 is 0 Å². The van der Waals surface area contributed by atoms with Gasteiger partial charge in [0.2, 0.25) is 4.47 Å². The van der Waals surface area contributed by atoms with Gasteiger partial charge in [-0.2, -0.15) is 0 Å². The normalized spacial score (nSPS) is 21.6. The van der Waals surface area contributed by atoms with Crippen LogP contribution in [0.4, 0.5) is 0 Å². The van der Waals surface area contributed by atoms with E-state index in [4.69, 9.17) is 21.1 Å². The largest absolute Gasteiger partial charge is 0.381 e. The average molecular weight is 235 g/mol. The number of aromatic nitrogens is 2. The van der Waals surface area contributed by atoms with Crippen molar-refractivity contribution < 1.29 is 9.47 Å². The molecule has 0 bridgehead atoms. The fourth-order valence-electron chi connectivity index (χ4n) is 1.32. The molecule has 0 radical (unpaired) electrons. The van der Waals surface area contributed by atoms with Gasteiger partial charge in [-0.05, 0) is 18.0 Å². The van der Waals surface area contributed by atoms with E-state index in [0.717, 1.165) is 31.2 Å². The molecule has 2 rings (SSSR count). The Kier molecular flexibility index (Phi) is 3.69. The van der Waals surface area contributed by atoms with E-state index in [2.05, 4.69) is 10.2 Å². The lowest BCUT2D eigenvalue weighted by Crippen LogP contribution is -2.08. The molecule has 0 N–H and O–H groups in total. The van der Waals surface area contributed by atoms with Gasteiger partial charge in [0, 0.05) is 12.5 Å². The predicted octanol–water partition coefficient (Wildman–Crippen LogP) is 1.74. The van der Waals surface area contributed by atoms with Crippen LogP contribution in [0.1, 0.15) is 11.4 Å². The third kappa shape index (κ3) is 2.88. The molecule has 1 atom stereocenters. The van der Waals surface area contributed by atoms with Crippen LogP contribution in [-0.4, -0.2) is 30.0 Å². The summed E-state index contributed by atoms with van der Waals surface area (Å²) < 4.78 is 11.2. The molecule has 78 valence electrons. The molecule has 6 heteroatoms. The number of hydrogen-bond acceptors (Lipinski definition) is 5. The van der Waals surface area contributed by atoms with E-state index in [1.807, 2.05) is 0 Å². The molecule has 1 aromatic rings. The van der Waals surface area contributed by atoms with E-state index in [-0.39, 0.29) is 0 Å². The molecule has 0 aliphatic carbocycles. The molecule has 2 heterocycles. The number of hydrogen-bond donors (Lipinski definition) is 0. The van der Waals surface area contributed by atoms with Gasteiger partial charge in [-0.3, -0.25) is 0 Å².